The smallest absolute Gasteiger partial charge is 0.199 e. The second-order valence-electron chi connectivity index (χ2n) is 6.21. The molecular formula is C18H16N6S2. The Morgan fingerprint density at radius 3 is 2.88 bits per heavy atom. The fourth-order valence-corrected chi connectivity index (χ4v) is 4.49. The maximum atomic E-state index is 5.54. The molecule has 5 rings (SSSR count). The highest BCUT2D eigenvalue weighted by Gasteiger charge is 2.30. The Labute approximate surface area is 158 Å². The Morgan fingerprint density at radius 1 is 1.08 bits per heavy atom. The summed E-state index contributed by atoms with van der Waals surface area (Å²) in [7, 11) is 0. The van der Waals surface area contributed by atoms with Crippen molar-refractivity contribution in [2.45, 2.75) is 18.5 Å². The van der Waals surface area contributed by atoms with Crippen LogP contribution in [-0.4, -0.2) is 19.7 Å². The van der Waals surface area contributed by atoms with Gasteiger partial charge in [-0.15, -0.1) is 11.3 Å². The summed E-state index contributed by atoms with van der Waals surface area (Å²) in [4.78, 5) is 5.76. The normalized spacial score (nSPS) is 20.0. The van der Waals surface area contributed by atoms with Gasteiger partial charge < -0.3 is 0 Å². The molecule has 4 aromatic rings. The second kappa shape index (κ2) is 6.40. The van der Waals surface area contributed by atoms with E-state index in [9.17, 15) is 0 Å². The van der Waals surface area contributed by atoms with Crippen LogP contribution in [0.5, 0.6) is 0 Å². The minimum absolute atomic E-state index is 0.0574. The predicted molar refractivity (Wildman–Crippen MR) is 105 cm³/mol. The summed E-state index contributed by atoms with van der Waals surface area (Å²) in [6, 6.07) is 14.6. The summed E-state index contributed by atoms with van der Waals surface area (Å²) in [5.74, 6) is 0.873. The lowest BCUT2D eigenvalue weighted by atomic mass is 10.1. The topological polar surface area (TPSA) is 70.6 Å². The first-order valence-corrected chi connectivity index (χ1v) is 9.66. The molecule has 3 aromatic heterocycles. The van der Waals surface area contributed by atoms with Gasteiger partial charge >= 0.3 is 0 Å². The van der Waals surface area contributed by atoms with Crippen LogP contribution in [0.1, 0.15) is 29.2 Å². The maximum absolute atomic E-state index is 5.54. The number of hydrogen-bond acceptors (Lipinski definition) is 6. The molecule has 0 saturated carbocycles. The molecule has 0 bridgehead atoms. The highest BCUT2D eigenvalue weighted by atomic mass is 32.1. The van der Waals surface area contributed by atoms with Gasteiger partial charge in [0.1, 0.15) is 0 Å². The molecule has 0 spiro atoms. The van der Waals surface area contributed by atoms with Crippen molar-refractivity contribution in [1.29, 1.82) is 0 Å². The van der Waals surface area contributed by atoms with Crippen molar-refractivity contribution in [3.63, 3.8) is 0 Å². The Kier molecular flexibility index (Phi) is 3.90. The van der Waals surface area contributed by atoms with Gasteiger partial charge in [0.15, 0.2) is 10.6 Å². The molecule has 1 aromatic carbocycles. The summed E-state index contributed by atoms with van der Waals surface area (Å²) in [5, 5.41) is 10.6. The minimum Gasteiger partial charge on any atom is -0.270 e. The first kappa shape index (κ1) is 15.8. The molecule has 0 aliphatic carbocycles. The number of H-pyrrole nitrogens is 1. The van der Waals surface area contributed by atoms with Crippen LogP contribution in [0, 0.1) is 4.77 Å². The third-order valence-electron chi connectivity index (χ3n) is 4.66. The third kappa shape index (κ3) is 2.58. The van der Waals surface area contributed by atoms with E-state index in [1.54, 1.807) is 17.5 Å². The van der Waals surface area contributed by atoms with E-state index in [0.717, 1.165) is 28.8 Å². The van der Waals surface area contributed by atoms with Gasteiger partial charge in [-0.3, -0.25) is 14.6 Å². The number of aromatic nitrogens is 4. The van der Waals surface area contributed by atoms with Gasteiger partial charge in [0, 0.05) is 16.5 Å². The molecule has 2 atom stereocenters. The number of nitrogens with one attached hydrogen (secondary N) is 3. The summed E-state index contributed by atoms with van der Waals surface area (Å²) >= 11 is 7.30. The molecule has 1 aliphatic heterocycles. The van der Waals surface area contributed by atoms with E-state index >= 15 is 0 Å². The standard InChI is InChI=1S/C18H16N6S2/c25-18-23-22-17(14-10-13(20-21-14)16-7-3-9-26-16)24(18)15-6-1-5-12-11(15)4-2-8-19-12/h1-9,13-14,20-21H,10H2,(H,23,25). The molecule has 0 radical (unpaired) electrons. The Bertz CT molecular complexity index is 1110. The van der Waals surface area contributed by atoms with Crippen LogP contribution in [0.15, 0.2) is 54.0 Å². The zero-order chi connectivity index (χ0) is 17.5. The van der Waals surface area contributed by atoms with Crippen molar-refractivity contribution in [2.24, 2.45) is 0 Å². The Balaban J connectivity index is 1.58. The number of hydrogen-bond donors (Lipinski definition) is 3. The lowest BCUT2D eigenvalue weighted by molar-refractivity contribution is 0.536. The van der Waals surface area contributed by atoms with Crippen LogP contribution in [0.25, 0.3) is 16.6 Å². The molecule has 1 saturated heterocycles. The first-order chi connectivity index (χ1) is 12.8. The van der Waals surface area contributed by atoms with Crippen LogP contribution in [0.2, 0.25) is 0 Å². The van der Waals surface area contributed by atoms with Gasteiger partial charge in [-0.2, -0.15) is 5.10 Å². The van der Waals surface area contributed by atoms with Crippen molar-refractivity contribution in [2.75, 3.05) is 0 Å². The van der Waals surface area contributed by atoms with E-state index in [2.05, 4.69) is 55.7 Å². The van der Waals surface area contributed by atoms with E-state index in [0.29, 0.717) is 4.77 Å². The molecule has 3 N–H and O–H groups in total. The quantitative estimate of drug-likeness (QED) is 0.471. The number of hydrazine groups is 1. The van der Waals surface area contributed by atoms with Gasteiger partial charge in [-0.05, 0) is 54.4 Å². The lowest BCUT2D eigenvalue weighted by Gasteiger charge is -2.13. The van der Waals surface area contributed by atoms with E-state index in [1.807, 2.05) is 22.8 Å². The van der Waals surface area contributed by atoms with Gasteiger partial charge in [0.05, 0.1) is 23.3 Å². The fraction of sp³-hybridized carbons (Fsp3) is 0.167. The van der Waals surface area contributed by atoms with Crippen molar-refractivity contribution >= 4 is 34.5 Å². The van der Waals surface area contributed by atoms with Gasteiger partial charge in [-0.1, -0.05) is 12.1 Å². The zero-order valence-corrected chi connectivity index (χ0v) is 15.3. The van der Waals surface area contributed by atoms with E-state index in [4.69, 9.17) is 12.2 Å². The largest absolute Gasteiger partial charge is 0.270 e. The van der Waals surface area contributed by atoms with Gasteiger partial charge in [0.25, 0.3) is 0 Å². The summed E-state index contributed by atoms with van der Waals surface area (Å²) in [6.07, 6.45) is 2.71. The zero-order valence-electron chi connectivity index (χ0n) is 13.7. The van der Waals surface area contributed by atoms with E-state index in [-0.39, 0.29) is 12.1 Å². The molecular weight excluding hydrogens is 364 g/mol. The number of pyridine rings is 1. The molecule has 8 heteroatoms. The number of aromatic amines is 1. The van der Waals surface area contributed by atoms with Gasteiger partial charge in [-0.25, -0.2) is 10.9 Å². The van der Waals surface area contributed by atoms with Crippen molar-refractivity contribution in [3.05, 3.63) is 69.5 Å². The van der Waals surface area contributed by atoms with Crippen molar-refractivity contribution in [3.8, 4) is 5.69 Å². The maximum Gasteiger partial charge on any atom is 0.199 e. The van der Waals surface area contributed by atoms with Gasteiger partial charge in [0.2, 0.25) is 0 Å². The Hall–Kier alpha value is -2.39. The van der Waals surface area contributed by atoms with E-state index in [1.165, 1.54) is 4.88 Å². The van der Waals surface area contributed by atoms with Crippen molar-refractivity contribution < 1.29 is 0 Å². The summed E-state index contributed by atoms with van der Waals surface area (Å²) in [6.45, 7) is 0. The monoisotopic (exact) mass is 380 g/mol. The molecule has 130 valence electrons. The van der Waals surface area contributed by atoms with E-state index < -0.39 is 0 Å². The number of rotatable bonds is 3. The predicted octanol–water partition coefficient (Wildman–Crippen LogP) is 3.82. The Morgan fingerprint density at radius 2 is 2.00 bits per heavy atom. The average molecular weight is 381 g/mol. The summed E-state index contributed by atoms with van der Waals surface area (Å²) < 4.78 is 2.59. The molecule has 1 fully saturated rings. The number of thiophene rings is 1. The molecule has 0 amide bonds. The van der Waals surface area contributed by atoms with Crippen LogP contribution in [-0.2, 0) is 0 Å². The number of benzene rings is 1. The van der Waals surface area contributed by atoms with Crippen LogP contribution in [0.3, 0.4) is 0 Å². The third-order valence-corrected chi connectivity index (χ3v) is 5.92. The van der Waals surface area contributed by atoms with Crippen molar-refractivity contribution in [1.82, 2.24) is 30.6 Å². The van der Waals surface area contributed by atoms with Crippen LogP contribution in [0.4, 0.5) is 0 Å². The highest BCUT2D eigenvalue weighted by Crippen LogP contribution is 2.33. The molecule has 4 heterocycles. The summed E-state index contributed by atoms with van der Waals surface area (Å²) in [5.41, 5.74) is 8.68. The fourth-order valence-electron chi connectivity index (χ4n) is 3.46. The SMILES string of the molecule is S=c1[nH]nc(C2CC(c3cccs3)NN2)n1-c1cccc2ncccc12. The molecule has 6 nitrogen and oxygen atoms in total. The highest BCUT2D eigenvalue weighted by molar-refractivity contribution is 7.71. The average Bonchev–Trinajstić information content (AvgIpc) is 3.41. The van der Waals surface area contributed by atoms with Crippen LogP contribution >= 0.6 is 23.6 Å². The molecule has 26 heavy (non-hydrogen) atoms. The second-order valence-corrected chi connectivity index (χ2v) is 7.58. The lowest BCUT2D eigenvalue weighted by Crippen LogP contribution is -2.27. The first-order valence-electron chi connectivity index (χ1n) is 8.37. The number of nitrogens with zero attached hydrogens (tertiary/aromatic N) is 3. The molecule has 1 aliphatic rings. The number of fused-ring (bicyclic) bond motifs is 1. The minimum atomic E-state index is 0.0574. The molecule has 2 unspecified atom stereocenters. The van der Waals surface area contributed by atoms with Crippen LogP contribution < -0.4 is 10.9 Å².